The highest BCUT2D eigenvalue weighted by Gasteiger charge is 2.42. The van der Waals surface area contributed by atoms with Crippen LogP contribution in [0.2, 0.25) is 0 Å². The molecule has 2 aliphatic carbocycles. The SMILES string of the molecule is C[C@H](NC(=O)NC(=O)c1ccccc1)[C@H]1C[C@H]2CC[C@H]1C2. The topological polar surface area (TPSA) is 58.2 Å². The number of amides is 3. The standard InChI is InChI=1S/C17H22N2O2/c1-11(15-10-12-7-8-14(15)9-12)18-17(21)19-16(20)13-5-3-2-4-6-13/h2-6,11-12,14-15H,7-10H2,1H3,(H2,18,19,20,21)/t11-,12-,14-,15+/m0/s1. The zero-order valence-corrected chi connectivity index (χ0v) is 12.3. The van der Waals surface area contributed by atoms with E-state index in [9.17, 15) is 9.59 Å². The summed E-state index contributed by atoms with van der Waals surface area (Å²) < 4.78 is 0. The summed E-state index contributed by atoms with van der Waals surface area (Å²) in [6.45, 7) is 2.05. The fourth-order valence-corrected chi connectivity index (χ4v) is 4.02. The van der Waals surface area contributed by atoms with Gasteiger partial charge in [-0.15, -0.1) is 0 Å². The Morgan fingerprint density at radius 3 is 2.52 bits per heavy atom. The summed E-state index contributed by atoms with van der Waals surface area (Å²) in [5, 5.41) is 5.34. The van der Waals surface area contributed by atoms with Crippen LogP contribution in [0.3, 0.4) is 0 Å². The van der Waals surface area contributed by atoms with E-state index >= 15 is 0 Å². The van der Waals surface area contributed by atoms with Crippen LogP contribution in [0.25, 0.3) is 0 Å². The summed E-state index contributed by atoms with van der Waals surface area (Å²) in [5.74, 6) is 1.84. The number of carbonyl (C=O) groups is 2. The van der Waals surface area contributed by atoms with Gasteiger partial charge in [-0.2, -0.15) is 0 Å². The molecule has 1 aromatic carbocycles. The quantitative estimate of drug-likeness (QED) is 0.897. The summed E-state index contributed by atoms with van der Waals surface area (Å²) in [6.07, 6.45) is 5.19. The third kappa shape index (κ3) is 3.09. The van der Waals surface area contributed by atoms with Crippen LogP contribution in [-0.4, -0.2) is 18.0 Å². The average Bonchev–Trinajstić information content (AvgIpc) is 3.10. The van der Waals surface area contributed by atoms with Gasteiger partial charge in [-0.25, -0.2) is 4.79 Å². The van der Waals surface area contributed by atoms with Crippen LogP contribution in [0, 0.1) is 17.8 Å². The Bertz CT molecular complexity index is 529. The lowest BCUT2D eigenvalue weighted by Crippen LogP contribution is -2.47. The second kappa shape index (κ2) is 5.88. The smallest absolute Gasteiger partial charge is 0.321 e. The lowest BCUT2D eigenvalue weighted by atomic mass is 9.84. The molecule has 3 rings (SSSR count). The van der Waals surface area contributed by atoms with E-state index in [-0.39, 0.29) is 18.0 Å². The predicted octanol–water partition coefficient (Wildman–Crippen LogP) is 2.95. The van der Waals surface area contributed by atoms with Crippen molar-refractivity contribution >= 4 is 11.9 Å². The van der Waals surface area contributed by atoms with Gasteiger partial charge in [-0.1, -0.05) is 24.6 Å². The molecule has 4 nitrogen and oxygen atoms in total. The van der Waals surface area contributed by atoms with Crippen molar-refractivity contribution in [2.24, 2.45) is 17.8 Å². The van der Waals surface area contributed by atoms with Crippen LogP contribution in [0.5, 0.6) is 0 Å². The van der Waals surface area contributed by atoms with Crippen LogP contribution in [-0.2, 0) is 0 Å². The van der Waals surface area contributed by atoms with Gasteiger partial charge in [0.1, 0.15) is 0 Å². The van der Waals surface area contributed by atoms with Crippen molar-refractivity contribution in [1.82, 2.24) is 10.6 Å². The van der Waals surface area contributed by atoms with Crippen molar-refractivity contribution < 1.29 is 9.59 Å². The van der Waals surface area contributed by atoms with Gasteiger partial charge in [-0.05, 0) is 56.1 Å². The Kier molecular flexibility index (Phi) is 3.95. The van der Waals surface area contributed by atoms with Crippen molar-refractivity contribution in [2.45, 2.75) is 38.6 Å². The van der Waals surface area contributed by atoms with Crippen molar-refractivity contribution in [3.8, 4) is 0 Å². The summed E-state index contributed by atoms with van der Waals surface area (Å²) >= 11 is 0. The lowest BCUT2D eigenvalue weighted by molar-refractivity contribution is 0.0962. The molecule has 0 saturated heterocycles. The summed E-state index contributed by atoms with van der Waals surface area (Å²) in [6, 6.07) is 8.54. The molecule has 0 spiro atoms. The van der Waals surface area contributed by atoms with E-state index in [1.807, 2.05) is 6.07 Å². The van der Waals surface area contributed by atoms with E-state index in [1.165, 1.54) is 25.7 Å². The molecule has 2 saturated carbocycles. The van der Waals surface area contributed by atoms with Gasteiger partial charge < -0.3 is 5.32 Å². The molecule has 1 aromatic rings. The first-order valence-corrected chi connectivity index (χ1v) is 7.80. The maximum atomic E-state index is 12.0. The molecule has 2 bridgehead atoms. The zero-order valence-electron chi connectivity index (χ0n) is 12.3. The number of urea groups is 1. The molecule has 0 unspecified atom stereocenters. The van der Waals surface area contributed by atoms with Gasteiger partial charge >= 0.3 is 6.03 Å². The normalized spacial score (nSPS) is 28.1. The molecule has 0 heterocycles. The van der Waals surface area contributed by atoms with Gasteiger partial charge in [0.2, 0.25) is 0 Å². The van der Waals surface area contributed by atoms with E-state index in [4.69, 9.17) is 0 Å². The number of fused-ring (bicyclic) bond motifs is 2. The monoisotopic (exact) mass is 286 g/mol. The number of benzene rings is 1. The Labute approximate surface area is 125 Å². The Morgan fingerprint density at radius 2 is 1.90 bits per heavy atom. The fourth-order valence-electron chi connectivity index (χ4n) is 4.02. The van der Waals surface area contributed by atoms with Crippen molar-refractivity contribution in [3.05, 3.63) is 35.9 Å². The molecule has 112 valence electrons. The van der Waals surface area contributed by atoms with Gasteiger partial charge in [0, 0.05) is 11.6 Å². The lowest BCUT2D eigenvalue weighted by Gasteiger charge is -2.28. The first-order valence-electron chi connectivity index (χ1n) is 7.80. The molecule has 0 radical (unpaired) electrons. The Morgan fingerprint density at radius 1 is 1.14 bits per heavy atom. The number of hydrogen-bond acceptors (Lipinski definition) is 2. The number of nitrogens with one attached hydrogen (secondary N) is 2. The predicted molar refractivity (Wildman–Crippen MR) is 80.8 cm³/mol. The first kappa shape index (κ1) is 14.1. The molecule has 2 aliphatic rings. The maximum absolute atomic E-state index is 12.0. The van der Waals surface area contributed by atoms with Gasteiger partial charge in [0.15, 0.2) is 0 Å². The fraction of sp³-hybridized carbons (Fsp3) is 0.529. The van der Waals surface area contributed by atoms with Gasteiger partial charge in [0.25, 0.3) is 5.91 Å². The van der Waals surface area contributed by atoms with Crippen LogP contribution in [0.15, 0.2) is 30.3 Å². The highest BCUT2D eigenvalue weighted by atomic mass is 16.2. The molecule has 21 heavy (non-hydrogen) atoms. The molecule has 4 atom stereocenters. The summed E-state index contributed by atoms with van der Waals surface area (Å²) in [7, 11) is 0. The largest absolute Gasteiger partial charge is 0.335 e. The Balaban J connectivity index is 1.51. The number of rotatable bonds is 3. The van der Waals surface area contributed by atoms with Gasteiger partial charge in [0.05, 0.1) is 0 Å². The summed E-state index contributed by atoms with van der Waals surface area (Å²) in [5.41, 5.74) is 0.500. The maximum Gasteiger partial charge on any atom is 0.321 e. The molecule has 2 fully saturated rings. The molecular formula is C17H22N2O2. The second-order valence-electron chi connectivity index (χ2n) is 6.42. The summed E-state index contributed by atoms with van der Waals surface area (Å²) in [4.78, 5) is 23.9. The first-order chi connectivity index (χ1) is 10.1. The highest BCUT2D eigenvalue weighted by molar-refractivity contribution is 6.04. The third-order valence-corrected chi connectivity index (χ3v) is 5.06. The second-order valence-corrected chi connectivity index (χ2v) is 6.42. The van der Waals surface area contributed by atoms with E-state index < -0.39 is 0 Å². The molecule has 0 aliphatic heterocycles. The number of imide groups is 1. The minimum atomic E-state index is -0.390. The van der Waals surface area contributed by atoms with E-state index in [0.29, 0.717) is 11.5 Å². The van der Waals surface area contributed by atoms with Crippen molar-refractivity contribution in [2.75, 3.05) is 0 Å². The molecule has 0 aromatic heterocycles. The minimum absolute atomic E-state index is 0.129. The van der Waals surface area contributed by atoms with Crippen LogP contribution >= 0.6 is 0 Å². The van der Waals surface area contributed by atoms with E-state index in [1.54, 1.807) is 24.3 Å². The van der Waals surface area contributed by atoms with Crippen molar-refractivity contribution in [1.29, 1.82) is 0 Å². The van der Waals surface area contributed by atoms with Crippen molar-refractivity contribution in [3.63, 3.8) is 0 Å². The molecule has 3 amide bonds. The number of hydrogen-bond donors (Lipinski definition) is 2. The third-order valence-electron chi connectivity index (χ3n) is 5.06. The molecule has 2 N–H and O–H groups in total. The molecule has 4 heteroatoms. The zero-order chi connectivity index (χ0) is 14.8. The van der Waals surface area contributed by atoms with E-state index in [0.717, 1.165) is 11.8 Å². The van der Waals surface area contributed by atoms with Crippen LogP contribution in [0.4, 0.5) is 4.79 Å². The number of carbonyl (C=O) groups excluding carboxylic acids is 2. The molecular weight excluding hydrogens is 264 g/mol. The van der Waals surface area contributed by atoms with E-state index in [2.05, 4.69) is 17.6 Å². The van der Waals surface area contributed by atoms with Crippen LogP contribution in [0.1, 0.15) is 43.0 Å². The van der Waals surface area contributed by atoms with Gasteiger partial charge in [-0.3, -0.25) is 10.1 Å². The highest BCUT2D eigenvalue weighted by Crippen LogP contribution is 2.49. The Hall–Kier alpha value is -1.84. The van der Waals surface area contributed by atoms with Crippen LogP contribution < -0.4 is 10.6 Å². The average molecular weight is 286 g/mol. The minimum Gasteiger partial charge on any atom is -0.335 e.